The molecule has 0 aromatic heterocycles. The first-order valence-electron chi connectivity index (χ1n) is 3.13. The second-order valence-electron chi connectivity index (χ2n) is 1.37. The van der Waals surface area contributed by atoms with E-state index in [4.69, 9.17) is 0 Å². The van der Waals surface area contributed by atoms with E-state index in [1.165, 1.54) is 6.92 Å². The highest BCUT2D eigenvalue weighted by Gasteiger charge is 2.24. The van der Waals surface area contributed by atoms with Gasteiger partial charge in [0.2, 0.25) is 0 Å². The highest BCUT2D eigenvalue weighted by atomic mass is 19.4. The third kappa shape index (κ3) is 18.2. The van der Waals surface area contributed by atoms with Crippen molar-refractivity contribution in [3.8, 4) is 0 Å². The molecule has 9 heavy (non-hydrogen) atoms. The summed E-state index contributed by atoms with van der Waals surface area (Å²) in [5.74, 6) is 0. The summed E-state index contributed by atoms with van der Waals surface area (Å²) >= 11 is 0. The van der Waals surface area contributed by atoms with Crippen LogP contribution >= 0.6 is 0 Å². The number of hydrogen-bond donors (Lipinski definition) is 0. The molecular formula is C6H13F3. The predicted molar refractivity (Wildman–Crippen MR) is 32.3 cm³/mol. The summed E-state index contributed by atoms with van der Waals surface area (Å²) in [6, 6.07) is 0. The van der Waals surface area contributed by atoms with Gasteiger partial charge in [0.25, 0.3) is 0 Å². The molecule has 0 bridgehead atoms. The van der Waals surface area contributed by atoms with E-state index in [1.54, 1.807) is 0 Å². The SMILES string of the molecule is CC.CCCC(F)(F)F. The first-order valence-corrected chi connectivity index (χ1v) is 3.13. The van der Waals surface area contributed by atoms with Gasteiger partial charge in [0.15, 0.2) is 0 Å². The molecule has 0 N–H and O–H groups in total. The maximum absolute atomic E-state index is 11.1. The maximum atomic E-state index is 11.1. The Bertz CT molecular complexity index is 46.8. The first-order chi connectivity index (χ1) is 4.06. The molecule has 58 valence electrons. The molecular weight excluding hydrogens is 129 g/mol. The number of rotatable bonds is 1. The van der Waals surface area contributed by atoms with Crippen LogP contribution in [0.25, 0.3) is 0 Å². The molecule has 0 aromatic rings. The molecule has 0 aliphatic heterocycles. The first kappa shape index (κ1) is 11.6. The van der Waals surface area contributed by atoms with Crippen LogP contribution in [0.15, 0.2) is 0 Å². The van der Waals surface area contributed by atoms with Crippen LogP contribution in [-0.4, -0.2) is 6.18 Å². The summed E-state index contributed by atoms with van der Waals surface area (Å²) in [6.45, 7) is 5.51. The molecule has 0 saturated heterocycles. The highest BCUT2D eigenvalue weighted by Crippen LogP contribution is 2.20. The maximum Gasteiger partial charge on any atom is 0.389 e. The van der Waals surface area contributed by atoms with Gasteiger partial charge in [0, 0.05) is 6.42 Å². The third-order valence-electron chi connectivity index (χ3n) is 0.533. The van der Waals surface area contributed by atoms with Crippen molar-refractivity contribution in [3.63, 3.8) is 0 Å². The van der Waals surface area contributed by atoms with Gasteiger partial charge >= 0.3 is 6.18 Å². The lowest BCUT2D eigenvalue weighted by atomic mass is 10.3. The molecule has 0 unspecified atom stereocenters. The molecule has 0 aromatic carbocycles. The average Bonchev–Trinajstić information content (AvgIpc) is 1.69. The van der Waals surface area contributed by atoms with Crippen molar-refractivity contribution in [1.82, 2.24) is 0 Å². The molecule has 0 aliphatic carbocycles. The van der Waals surface area contributed by atoms with Gasteiger partial charge in [0.1, 0.15) is 0 Å². The van der Waals surface area contributed by atoms with Crippen molar-refractivity contribution < 1.29 is 13.2 Å². The molecule has 0 heterocycles. The van der Waals surface area contributed by atoms with Crippen molar-refractivity contribution in [2.24, 2.45) is 0 Å². The Kier molecular flexibility index (Phi) is 7.61. The topological polar surface area (TPSA) is 0 Å². The monoisotopic (exact) mass is 142 g/mol. The fourth-order valence-corrected chi connectivity index (χ4v) is 0.283. The Hall–Kier alpha value is -0.210. The van der Waals surface area contributed by atoms with Crippen LogP contribution in [0.2, 0.25) is 0 Å². The van der Waals surface area contributed by atoms with Gasteiger partial charge in [-0.3, -0.25) is 0 Å². The van der Waals surface area contributed by atoms with E-state index in [0.717, 1.165) is 0 Å². The minimum atomic E-state index is -3.95. The molecule has 0 fully saturated rings. The van der Waals surface area contributed by atoms with Crippen molar-refractivity contribution >= 4 is 0 Å². The van der Waals surface area contributed by atoms with Crippen LogP contribution in [0.1, 0.15) is 33.6 Å². The van der Waals surface area contributed by atoms with E-state index in [0.29, 0.717) is 0 Å². The lowest BCUT2D eigenvalue weighted by Gasteiger charge is -2.00. The highest BCUT2D eigenvalue weighted by molar-refractivity contribution is 4.44. The van der Waals surface area contributed by atoms with E-state index < -0.39 is 12.6 Å². The van der Waals surface area contributed by atoms with Crippen molar-refractivity contribution in [1.29, 1.82) is 0 Å². The summed E-state index contributed by atoms with van der Waals surface area (Å²) in [5.41, 5.74) is 0. The van der Waals surface area contributed by atoms with Gasteiger partial charge < -0.3 is 0 Å². The van der Waals surface area contributed by atoms with E-state index in [9.17, 15) is 13.2 Å². The zero-order valence-corrected chi connectivity index (χ0v) is 6.05. The molecule has 0 rings (SSSR count). The predicted octanol–water partition coefficient (Wildman–Crippen LogP) is 3.38. The van der Waals surface area contributed by atoms with Gasteiger partial charge in [-0.1, -0.05) is 20.8 Å². The van der Waals surface area contributed by atoms with Gasteiger partial charge in [-0.05, 0) is 6.42 Å². The molecule has 0 spiro atoms. The van der Waals surface area contributed by atoms with Crippen molar-refractivity contribution in [2.75, 3.05) is 0 Å². The molecule has 0 saturated carbocycles. The van der Waals surface area contributed by atoms with E-state index in [2.05, 4.69) is 0 Å². The lowest BCUT2D eigenvalue weighted by molar-refractivity contribution is -0.134. The van der Waals surface area contributed by atoms with Crippen LogP contribution < -0.4 is 0 Å². The Balaban J connectivity index is 0. The number of hydrogen-bond acceptors (Lipinski definition) is 0. The largest absolute Gasteiger partial charge is 0.389 e. The van der Waals surface area contributed by atoms with Gasteiger partial charge in [-0.2, -0.15) is 13.2 Å². The van der Waals surface area contributed by atoms with E-state index in [1.807, 2.05) is 13.8 Å². The second kappa shape index (κ2) is 5.92. The molecule has 3 heteroatoms. The summed E-state index contributed by atoms with van der Waals surface area (Å²) < 4.78 is 33.2. The zero-order chi connectivity index (χ0) is 7.91. The standard InChI is InChI=1S/C4H7F3.C2H6/c1-2-3-4(5,6)7;1-2/h2-3H2,1H3;1-2H3. The Morgan fingerprint density at radius 1 is 1.11 bits per heavy atom. The number of alkyl halides is 3. The summed E-state index contributed by atoms with van der Waals surface area (Å²) in [6.07, 6.45) is -4.43. The molecule has 0 amide bonds. The van der Waals surface area contributed by atoms with Crippen molar-refractivity contribution in [2.45, 2.75) is 39.8 Å². The quantitative estimate of drug-likeness (QED) is 0.526. The lowest BCUT2D eigenvalue weighted by Crippen LogP contribution is -2.04. The fourth-order valence-electron chi connectivity index (χ4n) is 0.283. The van der Waals surface area contributed by atoms with Crippen LogP contribution in [0.4, 0.5) is 13.2 Å². The molecule has 0 atom stereocenters. The van der Waals surface area contributed by atoms with E-state index in [-0.39, 0.29) is 6.42 Å². The third-order valence-corrected chi connectivity index (χ3v) is 0.533. The smallest absolute Gasteiger partial charge is 0.171 e. The van der Waals surface area contributed by atoms with Crippen LogP contribution in [0, 0.1) is 0 Å². The minimum Gasteiger partial charge on any atom is -0.171 e. The average molecular weight is 142 g/mol. The Morgan fingerprint density at radius 2 is 1.44 bits per heavy atom. The normalized spacial score (nSPS) is 10.0. The van der Waals surface area contributed by atoms with Gasteiger partial charge in [-0.25, -0.2) is 0 Å². The van der Waals surface area contributed by atoms with Crippen LogP contribution in [0.5, 0.6) is 0 Å². The summed E-state index contributed by atoms with van der Waals surface area (Å²) in [4.78, 5) is 0. The molecule has 0 radical (unpaired) electrons. The van der Waals surface area contributed by atoms with Crippen LogP contribution in [-0.2, 0) is 0 Å². The summed E-state index contributed by atoms with van der Waals surface area (Å²) in [5, 5.41) is 0. The Morgan fingerprint density at radius 3 is 1.44 bits per heavy atom. The van der Waals surface area contributed by atoms with Gasteiger partial charge in [-0.15, -0.1) is 0 Å². The molecule has 0 nitrogen and oxygen atoms in total. The molecule has 0 aliphatic rings. The fraction of sp³-hybridized carbons (Fsp3) is 1.00. The second-order valence-corrected chi connectivity index (χ2v) is 1.37. The van der Waals surface area contributed by atoms with Crippen molar-refractivity contribution in [3.05, 3.63) is 0 Å². The summed E-state index contributed by atoms with van der Waals surface area (Å²) in [7, 11) is 0. The van der Waals surface area contributed by atoms with Crippen LogP contribution in [0.3, 0.4) is 0 Å². The van der Waals surface area contributed by atoms with E-state index >= 15 is 0 Å². The Labute approximate surface area is 54.1 Å². The minimum absolute atomic E-state index is 0.184. The number of halogens is 3. The van der Waals surface area contributed by atoms with Gasteiger partial charge in [0.05, 0.1) is 0 Å². The zero-order valence-electron chi connectivity index (χ0n) is 6.05.